The summed E-state index contributed by atoms with van der Waals surface area (Å²) in [6.07, 6.45) is 10.4. The third-order valence-corrected chi connectivity index (χ3v) is 7.79. The molecule has 27 heavy (non-hydrogen) atoms. The van der Waals surface area contributed by atoms with Crippen LogP contribution in [-0.2, 0) is 14.8 Å². The first kappa shape index (κ1) is 20.3. The molecule has 0 aliphatic heterocycles. The zero-order chi connectivity index (χ0) is 19.3. The average Bonchev–Trinajstić information content (AvgIpc) is 2.68. The summed E-state index contributed by atoms with van der Waals surface area (Å²) in [5.74, 6) is -0.164. The molecule has 1 N–H and O–H groups in total. The van der Waals surface area contributed by atoms with Crippen LogP contribution >= 0.6 is 0 Å². The van der Waals surface area contributed by atoms with E-state index < -0.39 is 10.0 Å². The highest BCUT2D eigenvalue weighted by Crippen LogP contribution is 2.28. The van der Waals surface area contributed by atoms with Crippen molar-refractivity contribution >= 4 is 15.9 Å². The van der Waals surface area contributed by atoms with Gasteiger partial charge < -0.3 is 5.32 Å². The highest BCUT2D eigenvalue weighted by atomic mass is 32.2. The van der Waals surface area contributed by atoms with Crippen LogP contribution in [0.25, 0.3) is 0 Å². The van der Waals surface area contributed by atoms with Crippen LogP contribution in [0.3, 0.4) is 0 Å². The van der Waals surface area contributed by atoms with E-state index in [9.17, 15) is 13.2 Å². The maximum absolute atomic E-state index is 13.3. The molecule has 2 saturated carbocycles. The van der Waals surface area contributed by atoms with Crippen LogP contribution in [0.4, 0.5) is 0 Å². The van der Waals surface area contributed by atoms with Gasteiger partial charge in [0.15, 0.2) is 0 Å². The van der Waals surface area contributed by atoms with E-state index in [-0.39, 0.29) is 29.4 Å². The molecule has 0 atom stereocenters. The van der Waals surface area contributed by atoms with Crippen LogP contribution in [0.15, 0.2) is 29.2 Å². The lowest BCUT2D eigenvalue weighted by atomic mass is 9.95. The molecule has 5 nitrogen and oxygen atoms in total. The summed E-state index contributed by atoms with van der Waals surface area (Å²) >= 11 is 0. The molecular weight excluding hydrogens is 360 g/mol. The molecule has 0 heterocycles. The summed E-state index contributed by atoms with van der Waals surface area (Å²) in [6, 6.07) is 7.05. The van der Waals surface area contributed by atoms with Gasteiger partial charge in [-0.2, -0.15) is 4.31 Å². The fourth-order valence-electron chi connectivity index (χ4n) is 4.29. The molecule has 0 bridgehead atoms. The Morgan fingerprint density at radius 2 is 1.52 bits per heavy atom. The summed E-state index contributed by atoms with van der Waals surface area (Å²) in [5, 5.41) is 3.08. The third-order valence-electron chi connectivity index (χ3n) is 5.88. The van der Waals surface area contributed by atoms with Crippen molar-refractivity contribution in [2.75, 3.05) is 6.54 Å². The van der Waals surface area contributed by atoms with E-state index in [1.807, 2.05) is 19.1 Å². The number of hydrogen-bond donors (Lipinski definition) is 1. The van der Waals surface area contributed by atoms with E-state index in [1.165, 1.54) is 10.7 Å². The molecule has 6 heteroatoms. The lowest BCUT2D eigenvalue weighted by Crippen LogP contribution is -2.49. The average molecular weight is 393 g/mol. The summed E-state index contributed by atoms with van der Waals surface area (Å²) in [4.78, 5) is 13.0. The molecule has 0 aromatic heterocycles. The minimum Gasteiger partial charge on any atom is -0.352 e. The van der Waals surface area contributed by atoms with Crippen LogP contribution in [0.5, 0.6) is 0 Å². The number of carbonyl (C=O) groups is 1. The molecule has 2 fully saturated rings. The smallest absolute Gasteiger partial charge is 0.243 e. The van der Waals surface area contributed by atoms with Gasteiger partial charge in [0.05, 0.1) is 11.4 Å². The molecular formula is C21H32N2O3S. The van der Waals surface area contributed by atoms with Gasteiger partial charge in [-0.3, -0.25) is 4.79 Å². The number of amides is 1. The van der Waals surface area contributed by atoms with Crippen molar-refractivity contribution in [3.05, 3.63) is 29.8 Å². The van der Waals surface area contributed by atoms with Gasteiger partial charge in [0.1, 0.15) is 0 Å². The molecule has 150 valence electrons. The van der Waals surface area contributed by atoms with Crippen molar-refractivity contribution in [3.8, 4) is 0 Å². The largest absolute Gasteiger partial charge is 0.352 e. The molecule has 1 amide bonds. The van der Waals surface area contributed by atoms with E-state index in [1.54, 1.807) is 12.1 Å². The van der Waals surface area contributed by atoms with E-state index >= 15 is 0 Å². The Kier molecular flexibility index (Phi) is 6.93. The number of nitrogens with zero attached hydrogens (tertiary/aromatic N) is 1. The first-order chi connectivity index (χ1) is 13.0. The maximum atomic E-state index is 13.3. The standard InChI is InChI=1S/C21H32N2O3S/c1-17-12-14-20(15-13-17)27(25,26)23(19-10-6-3-7-11-19)16-21(24)22-18-8-4-2-5-9-18/h12-15,18-19H,2-11,16H2,1H3,(H,22,24). The molecule has 1 aromatic rings. The maximum Gasteiger partial charge on any atom is 0.243 e. The van der Waals surface area contributed by atoms with Crippen molar-refractivity contribution in [2.24, 2.45) is 0 Å². The molecule has 0 radical (unpaired) electrons. The number of benzene rings is 1. The zero-order valence-corrected chi connectivity index (χ0v) is 17.1. The molecule has 3 rings (SSSR count). The minimum atomic E-state index is -3.68. The van der Waals surface area contributed by atoms with Gasteiger partial charge in [-0.1, -0.05) is 56.2 Å². The van der Waals surface area contributed by atoms with Crippen LogP contribution in [0.2, 0.25) is 0 Å². The van der Waals surface area contributed by atoms with Gasteiger partial charge in [-0.25, -0.2) is 8.42 Å². The van der Waals surface area contributed by atoms with Crippen LogP contribution in [-0.4, -0.2) is 37.3 Å². The van der Waals surface area contributed by atoms with Gasteiger partial charge >= 0.3 is 0 Å². The summed E-state index contributed by atoms with van der Waals surface area (Å²) < 4.78 is 28.1. The van der Waals surface area contributed by atoms with E-state index in [0.29, 0.717) is 0 Å². The second-order valence-electron chi connectivity index (χ2n) is 8.06. The predicted molar refractivity (Wildman–Crippen MR) is 107 cm³/mol. The Hall–Kier alpha value is -1.40. The fourth-order valence-corrected chi connectivity index (χ4v) is 5.93. The minimum absolute atomic E-state index is 0.0720. The Morgan fingerprint density at radius 3 is 2.11 bits per heavy atom. The monoisotopic (exact) mass is 392 g/mol. The lowest BCUT2D eigenvalue weighted by Gasteiger charge is -2.33. The van der Waals surface area contributed by atoms with Gasteiger partial charge in [0, 0.05) is 12.1 Å². The number of sulfonamides is 1. The van der Waals surface area contributed by atoms with Gasteiger partial charge in [-0.15, -0.1) is 0 Å². The Morgan fingerprint density at radius 1 is 0.963 bits per heavy atom. The normalized spacial score (nSPS) is 19.9. The Labute approximate surface area is 163 Å². The Bertz CT molecular complexity index is 718. The van der Waals surface area contributed by atoms with Crippen LogP contribution in [0.1, 0.15) is 69.8 Å². The summed E-state index contributed by atoms with van der Waals surface area (Å²) in [7, 11) is -3.68. The molecule has 0 unspecified atom stereocenters. The number of hydrogen-bond acceptors (Lipinski definition) is 3. The van der Waals surface area contributed by atoms with E-state index in [4.69, 9.17) is 0 Å². The quantitative estimate of drug-likeness (QED) is 0.801. The third kappa shape index (κ3) is 5.32. The molecule has 0 saturated heterocycles. The second-order valence-corrected chi connectivity index (χ2v) is 9.95. The van der Waals surface area contributed by atoms with Gasteiger partial charge in [-0.05, 0) is 44.7 Å². The van der Waals surface area contributed by atoms with Crippen molar-refractivity contribution < 1.29 is 13.2 Å². The van der Waals surface area contributed by atoms with Crippen LogP contribution in [0, 0.1) is 6.92 Å². The van der Waals surface area contributed by atoms with E-state index in [2.05, 4.69) is 5.32 Å². The second kappa shape index (κ2) is 9.20. The van der Waals surface area contributed by atoms with E-state index in [0.717, 1.165) is 63.4 Å². The highest BCUT2D eigenvalue weighted by Gasteiger charge is 2.34. The summed E-state index contributed by atoms with van der Waals surface area (Å²) in [5.41, 5.74) is 1.02. The van der Waals surface area contributed by atoms with Gasteiger partial charge in [0.2, 0.25) is 15.9 Å². The van der Waals surface area contributed by atoms with Crippen molar-refractivity contribution in [2.45, 2.75) is 88.1 Å². The molecule has 1 aromatic carbocycles. The topological polar surface area (TPSA) is 66.5 Å². The SMILES string of the molecule is Cc1ccc(S(=O)(=O)N(CC(=O)NC2CCCCC2)C2CCCCC2)cc1. The molecule has 2 aliphatic rings. The number of nitrogens with one attached hydrogen (secondary N) is 1. The first-order valence-electron chi connectivity index (χ1n) is 10.3. The number of aryl methyl sites for hydroxylation is 1. The predicted octanol–water partition coefficient (Wildman–Crippen LogP) is 3.77. The molecule has 0 spiro atoms. The van der Waals surface area contributed by atoms with Crippen molar-refractivity contribution in [1.29, 1.82) is 0 Å². The zero-order valence-electron chi connectivity index (χ0n) is 16.3. The Balaban J connectivity index is 1.77. The van der Waals surface area contributed by atoms with Crippen molar-refractivity contribution in [3.63, 3.8) is 0 Å². The lowest BCUT2D eigenvalue weighted by molar-refractivity contribution is -0.122. The van der Waals surface area contributed by atoms with Crippen LogP contribution < -0.4 is 5.32 Å². The number of carbonyl (C=O) groups excluding carboxylic acids is 1. The fraction of sp³-hybridized carbons (Fsp3) is 0.667. The first-order valence-corrected chi connectivity index (χ1v) is 11.8. The highest BCUT2D eigenvalue weighted by molar-refractivity contribution is 7.89. The summed E-state index contributed by atoms with van der Waals surface area (Å²) in [6.45, 7) is 1.87. The number of rotatable bonds is 6. The molecule has 2 aliphatic carbocycles. The van der Waals surface area contributed by atoms with Gasteiger partial charge in [0.25, 0.3) is 0 Å². The van der Waals surface area contributed by atoms with Crippen molar-refractivity contribution in [1.82, 2.24) is 9.62 Å².